The van der Waals surface area contributed by atoms with E-state index in [0.717, 1.165) is 30.8 Å². The first-order valence-electron chi connectivity index (χ1n) is 6.35. The number of methoxy groups -OCH3 is 1. The summed E-state index contributed by atoms with van der Waals surface area (Å²) in [6.07, 6.45) is 0.927. The van der Waals surface area contributed by atoms with Crippen LogP contribution in [0.25, 0.3) is 0 Å². The largest absolute Gasteiger partial charge is 0.497 e. The lowest BCUT2D eigenvalue weighted by molar-refractivity contribution is -0.125. The summed E-state index contributed by atoms with van der Waals surface area (Å²) in [6.45, 7) is 3.72. The highest BCUT2D eigenvalue weighted by Gasteiger charge is 2.23. The lowest BCUT2D eigenvalue weighted by Gasteiger charge is -2.17. The monoisotopic (exact) mass is 284 g/mol. The second-order valence-electron chi connectivity index (χ2n) is 4.70. The molecule has 1 saturated heterocycles. The summed E-state index contributed by atoms with van der Waals surface area (Å²) in [6, 6.07) is 7.80. The van der Waals surface area contributed by atoms with E-state index >= 15 is 0 Å². The molecular weight excluding hydrogens is 264 g/mol. The van der Waals surface area contributed by atoms with E-state index in [2.05, 4.69) is 10.6 Å². The van der Waals surface area contributed by atoms with Crippen LogP contribution >= 0.6 is 12.4 Å². The Bertz CT molecular complexity index is 420. The maximum atomic E-state index is 12.0. The van der Waals surface area contributed by atoms with E-state index in [0.29, 0.717) is 0 Å². The Balaban J connectivity index is 0.00000180. The van der Waals surface area contributed by atoms with Crippen LogP contribution in [-0.4, -0.2) is 26.1 Å². The summed E-state index contributed by atoms with van der Waals surface area (Å²) in [5, 5.41) is 6.26. The molecule has 2 unspecified atom stereocenters. The number of carbonyl (C=O) groups is 1. The Morgan fingerprint density at radius 1 is 1.53 bits per heavy atom. The Morgan fingerprint density at radius 2 is 2.32 bits per heavy atom. The second kappa shape index (κ2) is 7.36. The van der Waals surface area contributed by atoms with Gasteiger partial charge < -0.3 is 15.4 Å². The molecule has 1 fully saturated rings. The first-order valence-corrected chi connectivity index (χ1v) is 6.35. The van der Waals surface area contributed by atoms with Crippen molar-refractivity contribution in [2.75, 3.05) is 20.2 Å². The van der Waals surface area contributed by atoms with Gasteiger partial charge in [0.15, 0.2) is 0 Å². The highest BCUT2D eigenvalue weighted by Crippen LogP contribution is 2.19. The predicted molar refractivity (Wildman–Crippen MR) is 77.8 cm³/mol. The van der Waals surface area contributed by atoms with Gasteiger partial charge >= 0.3 is 0 Å². The van der Waals surface area contributed by atoms with Gasteiger partial charge in [-0.25, -0.2) is 0 Å². The van der Waals surface area contributed by atoms with E-state index in [4.69, 9.17) is 4.74 Å². The van der Waals surface area contributed by atoms with Crippen molar-refractivity contribution in [2.45, 2.75) is 19.4 Å². The molecule has 0 bridgehead atoms. The number of ether oxygens (including phenoxy) is 1. The van der Waals surface area contributed by atoms with E-state index < -0.39 is 0 Å². The smallest absolute Gasteiger partial charge is 0.224 e. The Labute approximate surface area is 120 Å². The van der Waals surface area contributed by atoms with Crippen molar-refractivity contribution in [1.29, 1.82) is 0 Å². The maximum absolute atomic E-state index is 12.0. The summed E-state index contributed by atoms with van der Waals surface area (Å²) < 4.78 is 5.19. The van der Waals surface area contributed by atoms with E-state index in [-0.39, 0.29) is 30.3 Å². The van der Waals surface area contributed by atoms with E-state index in [1.54, 1.807) is 7.11 Å². The molecule has 1 aromatic rings. The van der Waals surface area contributed by atoms with Gasteiger partial charge in [0, 0.05) is 6.54 Å². The van der Waals surface area contributed by atoms with Crippen LogP contribution in [0.4, 0.5) is 0 Å². The Morgan fingerprint density at radius 3 is 2.95 bits per heavy atom. The number of rotatable bonds is 4. The molecule has 1 aliphatic rings. The zero-order valence-electron chi connectivity index (χ0n) is 11.3. The lowest BCUT2D eigenvalue weighted by atomic mass is 10.0. The van der Waals surface area contributed by atoms with Crippen LogP contribution < -0.4 is 15.4 Å². The van der Waals surface area contributed by atoms with Crippen LogP contribution in [-0.2, 0) is 4.79 Å². The number of hydrogen-bond donors (Lipinski definition) is 2. The molecule has 0 aliphatic carbocycles. The first kappa shape index (κ1) is 15.8. The van der Waals surface area contributed by atoms with Gasteiger partial charge in [-0.05, 0) is 37.6 Å². The Hall–Kier alpha value is -1.26. The van der Waals surface area contributed by atoms with Gasteiger partial charge in [0.25, 0.3) is 0 Å². The standard InChI is InChI=1S/C14H20N2O2.ClH/c1-10(11-4-3-5-13(8-11)18-2)16-14(17)12-6-7-15-9-12;/h3-5,8,10,12,15H,6-7,9H2,1-2H3,(H,16,17);1H. The molecule has 0 radical (unpaired) electrons. The predicted octanol–water partition coefficient (Wildman–Crippen LogP) is 1.90. The summed E-state index contributed by atoms with van der Waals surface area (Å²) in [5.41, 5.74) is 1.06. The topological polar surface area (TPSA) is 50.4 Å². The van der Waals surface area contributed by atoms with Gasteiger partial charge in [0.05, 0.1) is 19.1 Å². The summed E-state index contributed by atoms with van der Waals surface area (Å²) >= 11 is 0. The highest BCUT2D eigenvalue weighted by atomic mass is 35.5. The quantitative estimate of drug-likeness (QED) is 0.888. The molecule has 0 aromatic heterocycles. The zero-order valence-corrected chi connectivity index (χ0v) is 12.1. The lowest BCUT2D eigenvalue weighted by Crippen LogP contribution is -2.33. The maximum Gasteiger partial charge on any atom is 0.224 e. The van der Waals surface area contributed by atoms with Crippen LogP contribution in [0, 0.1) is 5.92 Å². The molecule has 1 aromatic carbocycles. The zero-order chi connectivity index (χ0) is 13.0. The van der Waals surface area contributed by atoms with Gasteiger partial charge in [-0.15, -0.1) is 12.4 Å². The van der Waals surface area contributed by atoms with Crippen LogP contribution in [0.1, 0.15) is 24.9 Å². The summed E-state index contributed by atoms with van der Waals surface area (Å²) in [5.74, 6) is 1.06. The third kappa shape index (κ3) is 4.11. The molecule has 5 heteroatoms. The number of carbonyl (C=O) groups excluding carboxylic acids is 1. The van der Waals surface area contributed by atoms with Crippen LogP contribution in [0.15, 0.2) is 24.3 Å². The van der Waals surface area contributed by atoms with Crippen molar-refractivity contribution >= 4 is 18.3 Å². The molecule has 0 spiro atoms. The number of nitrogens with one attached hydrogen (secondary N) is 2. The van der Waals surface area contributed by atoms with E-state index in [1.165, 1.54) is 0 Å². The normalized spacial score (nSPS) is 19.4. The van der Waals surface area contributed by atoms with E-state index in [9.17, 15) is 4.79 Å². The minimum absolute atomic E-state index is 0. The SMILES string of the molecule is COc1cccc(C(C)NC(=O)C2CCNC2)c1.Cl. The fourth-order valence-electron chi connectivity index (χ4n) is 2.20. The van der Waals surface area contributed by atoms with Crippen molar-refractivity contribution in [1.82, 2.24) is 10.6 Å². The highest BCUT2D eigenvalue weighted by molar-refractivity contribution is 5.85. The average molecular weight is 285 g/mol. The van der Waals surface area contributed by atoms with Gasteiger partial charge in [0.2, 0.25) is 5.91 Å². The van der Waals surface area contributed by atoms with Gasteiger partial charge in [-0.3, -0.25) is 4.79 Å². The van der Waals surface area contributed by atoms with Crippen molar-refractivity contribution in [3.63, 3.8) is 0 Å². The van der Waals surface area contributed by atoms with Crippen molar-refractivity contribution in [3.8, 4) is 5.75 Å². The minimum atomic E-state index is 0. The molecule has 1 aliphatic heterocycles. The molecule has 106 valence electrons. The Kier molecular flexibility index (Phi) is 6.12. The number of hydrogen-bond acceptors (Lipinski definition) is 3. The molecule has 2 atom stereocenters. The van der Waals surface area contributed by atoms with Crippen molar-refractivity contribution in [3.05, 3.63) is 29.8 Å². The fourth-order valence-corrected chi connectivity index (χ4v) is 2.20. The van der Waals surface area contributed by atoms with Crippen LogP contribution in [0.2, 0.25) is 0 Å². The van der Waals surface area contributed by atoms with E-state index in [1.807, 2.05) is 31.2 Å². The molecule has 2 N–H and O–H groups in total. The van der Waals surface area contributed by atoms with Gasteiger partial charge in [0.1, 0.15) is 5.75 Å². The molecule has 0 saturated carbocycles. The molecule has 1 amide bonds. The second-order valence-corrected chi connectivity index (χ2v) is 4.70. The number of amides is 1. The first-order chi connectivity index (χ1) is 8.70. The summed E-state index contributed by atoms with van der Waals surface area (Å²) in [4.78, 5) is 12.0. The minimum Gasteiger partial charge on any atom is -0.497 e. The molecule has 2 rings (SSSR count). The third-order valence-corrected chi connectivity index (χ3v) is 3.38. The van der Waals surface area contributed by atoms with Crippen molar-refractivity contribution < 1.29 is 9.53 Å². The average Bonchev–Trinajstić information content (AvgIpc) is 2.92. The van der Waals surface area contributed by atoms with Gasteiger partial charge in [-0.2, -0.15) is 0 Å². The number of halogens is 1. The van der Waals surface area contributed by atoms with Crippen LogP contribution in [0.3, 0.4) is 0 Å². The van der Waals surface area contributed by atoms with Crippen molar-refractivity contribution in [2.24, 2.45) is 5.92 Å². The molecule has 19 heavy (non-hydrogen) atoms. The third-order valence-electron chi connectivity index (χ3n) is 3.38. The molecule has 1 heterocycles. The summed E-state index contributed by atoms with van der Waals surface area (Å²) in [7, 11) is 1.65. The fraction of sp³-hybridized carbons (Fsp3) is 0.500. The van der Waals surface area contributed by atoms with Crippen LogP contribution in [0.5, 0.6) is 5.75 Å². The molecule has 4 nitrogen and oxygen atoms in total. The van der Waals surface area contributed by atoms with Gasteiger partial charge in [-0.1, -0.05) is 12.1 Å². The number of benzene rings is 1. The molecular formula is C14H21ClN2O2.